The maximum Gasteiger partial charge on any atom is 0.308 e. The molecule has 63 valence electrons. The highest BCUT2D eigenvalue weighted by Gasteiger charge is 1.98. The van der Waals surface area contributed by atoms with Gasteiger partial charge in [-0.2, -0.15) is 0 Å². The molecule has 0 atom stereocenters. The zero-order valence-corrected chi connectivity index (χ0v) is 6.70. The molecule has 1 N–H and O–H groups in total. The molecular formula is C9H9O3. The van der Waals surface area contributed by atoms with Crippen molar-refractivity contribution in [1.82, 2.24) is 0 Å². The zero-order valence-electron chi connectivity index (χ0n) is 6.70. The predicted molar refractivity (Wildman–Crippen MR) is 42.5 cm³/mol. The number of benzene rings is 1. The molecule has 0 bridgehead atoms. The van der Waals surface area contributed by atoms with Gasteiger partial charge in [-0.3, -0.25) is 4.79 Å². The van der Waals surface area contributed by atoms with E-state index in [1.54, 1.807) is 18.2 Å². The van der Waals surface area contributed by atoms with Crippen LogP contribution in [0.1, 0.15) is 12.5 Å². The summed E-state index contributed by atoms with van der Waals surface area (Å²) >= 11 is 0. The van der Waals surface area contributed by atoms with Crippen LogP contribution in [0.15, 0.2) is 18.2 Å². The van der Waals surface area contributed by atoms with E-state index in [1.807, 2.05) is 0 Å². The highest BCUT2D eigenvalue weighted by Crippen LogP contribution is 2.12. The topological polar surface area (TPSA) is 46.5 Å². The van der Waals surface area contributed by atoms with Crippen LogP contribution in [0.2, 0.25) is 0 Å². The molecular weight excluding hydrogens is 156 g/mol. The number of hydrogen-bond donors (Lipinski definition) is 1. The predicted octanol–water partition coefficient (Wildman–Crippen LogP) is 0.904. The summed E-state index contributed by atoms with van der Waals surface area (Å²) in [6.45, 7) is 1.25. The Morgan fingerprint density at radius 3 is 3.00 bits per heavy atom. The summed E-state index contributed by atoms with van der Waals surface area (Å²) in [5, 5.41) is 8.74. The molecule has 0 aliphatic carbocycles. The number of hydrogen-bond acceptors (Lipinski definition) is 3. The normalized spacial score (nSPS) is 9.50. The molecule has 3 heteroatoms. The minimum atomic E-state index is -0.376. The third-order valence-electron chi connectivity index (χ3n) is 1.27. The number of carbonyl (C=O) groups is 1. The fourth-order valence-corrected chi connectivity index (χ4v) is 0.813. The van der Waals surface area contributed by atoms with Crippen molar-refractivity contribution >= 4 is 5.97 Å². The standard InChI is InChI=1S/C9H9O3/c1-7(11)12-9-4-2-3-8(5-9)6-10/h3-5,10H,6H2,1H3. The number of aliphatic hydroxyl groups excluding tert-OH is 1. The minimum Gasteiger partial charge on any atom is -0.427 e. The van der Waals surface area contributed by atoms with Crippen LogP contribution in [-0.2, 0) is 11.4 Å². The van der Waals surface area contributed by atoms with Gasteiger partial charge in [0.2, 0.25) is 0 Å². The molecule has 1 rings (SSSR count). The van der Waals surface area contributed by atoms with Crippen LogP contribution in [0.3, 0.4) is 0 Å². The van der Waals surface area contributed by atoms with Crippen LogP contribution in [0, 0.1) is 6.07 Å². The molecule has 0 aliphatic rings. The highest BCUT2D eigenvalue weighted by molar-refractivity contribution is 5.69. The summed E-state index contributed by atoms with van der Waals surface area (Å²) in [5.41, 5.74) is 0.675. The van der Waals surface area contributed by atoms with Crippen LogP contribution in [0.25, 0.3) is 0 Å². The van der Waals surface area contributed by atoms with E-state index in [2.05, 4.69) is 6.07 Å². The van der Waals surface area contributed by atoms with Gasteiger partial charge in [0.1, 0.15) is 5.75 Å². The van der Waals surface area contributed by atoms with E-state index in [1.165, 1.54) is 6.92 Å². The first kappa shape index (κ1) is 8.74. The molecule has 3 nitrogen and oxygen atoms in total. The fourth-order valence-electron chi connectivity index (χ4n) is 0.813. The summed E-state index contributed by atoms with van der Waals surface area (Å²) in [5.74, 6) is 0.0348. The third-order valence-corrected chi connectivity index (χ3v) is 1.27. The van der Waals surface area contributed by atoms with Crippen molar-refractivity contribution in [1.29, 1.82) is 0 Å². The van der Waals surface area contributed by atoms with Crippen molar-refractivity contribution < 1.29 is 14.6 Å². The van der Waals surface area contributed by atoms with Crippen molar-refractivity contribution in [3.63, 3.8) is 0 Å². The van der Waals surface area contributed by atoms with E-state index in [0.717, 1.165) is 0 Å². The van der Waals surface area contributed by atoms with Gasteiger partial charge in [-0.1, -0.05) is 0 Å². The summed E-state index contributed by atoms with van der Waals surface area (Å²) in [6, 6.07) is 7.52. The first-order chi connectivity index (χ1) is 5.72. The Balaban J connectivity index is 2.79. The Bertz CT molecular complexity index is 281. The van der Waals surface area contributed by atoms with Gasteiger partial charge in [-0.25, -0.2) is 0 Å². The lowest BCUT2D eigenvalue weighted by Gasteiger charge is -2.01. The largest absolute Gasteiger partial charge is 0.427 e. The van der Waals surface area contributed by atoms with E-state index in [-0.39, 0.29) is 12.6 Å². The summed E-state index contributed by atoms with van der Waals surface area (Å²) in [6.07, 6.45) is 0. The number of aliphatic hydroxyl groups is 1. The monoisotopic (exact) mass is 165 g/mol. The lowest BCUT2D eigenvalue weighted by Crippen LogP contribution is -2.01. The molecule has 0 aliphatic heterocycles. The Hall–Kier alpha value is -1.35. The lowest BCUT2D eigenvalue weighted by atomic mass is 10.2. The fraction of sp³-hybridized carbons (Fsp3) is 0.222. The van der Waals surface area contributed by atoms with E-state index in [9.17, 15) is 4.79 Å². The van der Waals surface area contributed by atoms with E-state index in [0.29, 0.717) is 11.3 Å². The first-order valence-electron chi connectivity index (χ1n) is 3.51. The molecule has 0 aromatic heterocycles. The molecule has 0 amide bonds. The van der Waals surface area contributed by atoms with E-state index < -0.39 is 0 Å². The van der Waals surface area contributed by atoms with Gasteiger partial charge in [-0.15, -0.1) is 0 Å². The molecule has 0 unspecified atom stereocenters. The van der Waals surface area contributed by atoms with Gasteiger partial charge >= 0.3 is 5.97 Å². The van der Waals surface area contributed by atoms with Crippen molar-refractivity contribution in [2.45, 2.75) is 13.5 Å². The van der Waals surface area contributed by atoms with Crippen LogP contribution in [-0.4, -0.2) is 11.1 Å². The second kappa shape index (κ2) is 3.88. The Morgan fingerprint density at radius 1 is 1.67 bits per heavy atom. The third kappa shape index (κ3) is 2.36. The van der Waals surface area contributed by atoms with Crippen molar-refractivity contribution in [3.05, 3.63) is 29.8 Å². The summed E-state index contributed by atoms with van der Waals surface area (Å²) in [7, 11) is 0. The SMILES string of the molecule is CC(=O)Oc1c[c]cc(CO)c1. The second-order valence-electron chi connectivity index (χ2n) is 2.33. The maximum atomic E-state index is 10.5. The van der Waals surface area contributed by atoms with Crippen molar-refractivity contribution in [3.8, 4) is 5.75 Å². The Morgan fingerprint density at radius 2 is 2.42 bits per heavy atom. The van der Waals surface area contributed by atoms with Crippen molar-refractivity contribution in [2.75, 3.05) is 0 Å². The number of ether oxygens (including phenoxy) is 1. The molecule has 0 heterocycles. The van der Waals surface area contributed by atoms with Gasteiger partial charge in [0, 0.05) is 6.92 Å². The van der Waals surface area contributed by atoms with Gasteiger partial charge in [-0.05, 0) is 29.8 Å². The lowest BCUT2D eigenvalue weighted by molar-refractivity contribution is -0.131. The van der Waals surface area contributed by atoms with Crippen LogP contribution in [0.4, 0.5) is 0 Å². The molecule has 0 fully saturated rings. The van der Waals surface area contributed by atoms with Crippen LogP contribution in [0.5, 0.6) is 5.75 Å². The van der Waals surface area contributed by atoms with Crippen molar-refractivity contribution in [2.24, 2.45) is 0 Å². The van der Waals surface area contributed by atoms with E-state index in [4.69, 9.17) is 9.84 Å². The number of rotatable bonds is 2. The minimum absolute atomic E-state index is 0.0778. The molecule has 0 saturated heterocycles. The molecule has 12 heavy (non-hydrogen) atoms. The molecule has 1 aromatic carbocycles. The van der Waals surface area contributed by atoms with Crippen LogP contribution >= 0.6 is 0 Å². The molecule has 1 radical (unpaired) electrons. The smallest absolute Gasteiger partial charge is 0.308 e. The molecule has 0 saturated carbocycles. The highest BCUT2D eigenvalue weighted by atomic mass is 16.5. The quantitative estimate of drug-likeness (QED) is 0.523. The Labute approximate surface area is 70.6 Å². The average Bonchev–Trinajstić information content (AvgIpc) is 2.03. The number of esters is 1. The average molecular weight is 165 g/mol. The van der Waals surface area contributed by atoms with Gasteiger partial charge in [0.15, 0.2) is 0 Å². The second-order valence-corrected chi connectivity index (χ2v) is 2.33. The van der Waals surface area contributed by atoms with Gasteiger partial charge in [0.25, 0.3) is 0 Å². The zero-order chi connectivity index (χ0) is 8.97. The Kier molecular flexibility index (Phi) is 2.82. The van der Waals surface area contributed by atoms with Gasteiger partial charge in [0.05, 0.1) is 6.61 Å². The summed E-state index contributed by atoms with van der Waals surface area (Å²) in [4.78, 5) is 10.5. The van der Waals surface area contributed by atoms with Crippen LogP contribution < -0.4 is 4.74 Å². The summed E-state index contributed by atoms with van der Waals surface area (Å²) < 4.78 is 4.78. The first-order valence-corrected chi connectivity index (χ1v) is 3.51. The van der Waals surface area contributed by atoms with E-state index >= 15 is 0 Å². The number of carbonyl (C=O) groups excluding carboxylic acids is 1. The molecule has 0 spiro atoms. The maximum absolute atomic E-state index is 10.5. The molecule has 1 aromatic rings. The van der Waals surface area contributed by atoms with Gasteiger partial charge < -0.3 is 9.84 Å².